The monoisotopic (exact) mass is 464 g/mol. The summed E-state index contributed by atoms with van der Waals surface area (Å²) in [7, 11) is 0. The number of fused-ring (bicyclic) bond motifs is 1. The highest BCUT2D eigenvalue weighted by molar-refractivity contribution is 7.13. The summed E-state index contributed by atoms with van der Waals surface area (Å²) >= 11 is 7.81. The number of allylic oxidation sites excluding steroid dienone is 1. The molecular formula is C22H17ClN6O2S. The van der Waals surface area contributed by atoms with Gasteiger partial charge in [0.05, 0.1) is 5.57 Å². The average molecular weight is 465 g/mol. The number of thiazole rings is 1. The van der Waals surface area contributed by atoms with Gasteiger partial charge < -0.3 is 9.73 Å². The number of rotatable bonds is 4. The molecular weight excluding hydrogens is 448 g/mol. The molecule has 0 bridgehead atoms. The second kappa shape index (κ2) is 8.45. The standard InChI is InChI=1S/C22H17ClN6O2S/c1-12-17(19(30)28-22-24-10-11-32-22)18(13-6-2-3-7-14(13)23)27-20(25-12)29-21-26-15-8-4-5-9-16(15)31-21/h2-11,18H,1H3,(H,24,28,30)(H2,25,26,27,29). The van der Waals surface area contributed by atoms with E-state index in [-0.39, 0.29) is 5.91 Å². The Morgan fingerprint density at radius 3 is 2.78 bits per heavy atom. The molecule has 0 saturated heterocycles. The zero-order chi connectivity index (χ0) is 22.1. The van der Waals surface area contributed by atoms with Crippen molar-refractivity contribution in [3.8, 4) is 0 Å². The lowest BCUT2D eigenvalue weighted by Crippen LogP contribution is -2.37. The van der Waals surface area contributed by atoms with Crippen LogP contribution in [0.25, 0.3) is 11.1 Å². The number of nitrogens with zero attached hydrogens (tertiary/aromatic N) is 3. The smallest absolute Gasteiger partial charge is 0.302 e. The van der Waals surface area contributed by atoms with Crippen LogP contribution in [-0.2, 0) is 4.79 Å². The maximum atomic E-state index is 13.1. The maximum Gasteiger partial charge on any atom is 0.302 e. The minimum absolute atomic E-state index is 0.291. The van der Waals surface area contributed by atoms with Gasteiger partial charge in [-0.3, -0.25) is 15.4 Å². The summed E-state index contributed by atoms with van der Waals surface area (Å²) in [6.45, 7) is 1.81. The largest absolute Gasteiger partial charge is 0.423 e. The van der Waals surface area contributed by atoms with Gasteiger partial charge in [0.1, 0.15) is 11.6 Å². The van der Waals surface area contributed by atoms with Gasteiger partial charge in [-0.1, -0.05) is 41.9 Å². The summed E-state index contributed by atoms with van der Waals surface area (Å²) in [5.41, 5.74) is 3.15. The van der Waals surface area contributed by atoms with Crippen molar-refractivity contribution >= 4 is 57.1 Å². The van der Waals surface area contributed by atoms with Crippen molar-refractivity contribution < 1.29 is 9.21 Å². The fourth-order valence-corrected chi connectivity index (χ4v) is 4.20. The summed E-state index contributed by atoms with van der Waals surface area (Å²) < 4.78 is 5.74. The minimum atomic E-state index is -0.642. The van der Waals surface area contributed by atoms with E-state index in [0.717, 1.165) is 5.52 Å². The lowest BCUT2D eigenvalue weighted by Gasteiger charge is -2.26. The number of guanidine groups is 1. The number of halogens is 1. The number of nitrogens with one attached hydrogen (secondary N) is 3. The molecule has 5 rings (SSSR count). The molecule has 0 saturated carbocycles. The number of hydrogen-bond donors (Lipinski definition) is 3. The van der Waals surface area contributed by atoms with Crippen molar-refractivity contribution in [2.24, 2.45) is 4.99 Å². The zero-order valence-corrected chi connectivity index (χ0v) is 18.4. The summed E-state index contributed by atoms with van der Waals surface area (Å²) in [5, 5.41) is 11.8. The molecule has 0 aliphatic carbocycles. The van der Waals surface area contributed by atoms with E-state index < -0.39 is 6.04 Å². The van der Waals surface area contributed by atoms with Crippen LogP contribution in [0.4, 0.5) is 11.1 Å². The van der Waals surface area contributed by atoms with Crippen LogP contribution in [0.15, 0.2) is 80.8 Å². The van der Waals surface area contributed by atoms with Gasteiger partial charge in [0.25, 0.3) is 5.91 Å². The minimum Gasteiger partial charge on any atom is -0.423 e. The van der Waals surface area contributed by atoms with Crippen LogP contribution in [0.3, 0.4) is 0 Å². The summed E-state index contributed by atoms with van der Waals surface area (Å²) in [4.78, 5) is 26.4. The molecule has 3 heterocycles. The van der Waals surface area contributed by atoms with E-state index in [1.807, 2.05) is 49.4 Å². The number of carbonyl (C=O) groups excluding carboxylic acids is 1. The molecule has 1 aliphatic heterocycles. The Morgan fingerprint density at radius 2 is 2.00 bits per heavy atom. The van der Waals surface area contributed by atoms with Gasteiger partial charge >= 0.3 is 6.01 Å². The first-order valence-corrected chi connectivity index (χ1v) is 11.0. The van der Waals surface area contributed by atoms with Crippen LogP contribution in [-0.4, -0.2) is 21.8 Å². The number of aliphatic imine (C=N–C) groups is 1. The highest BCUT2D eigenvalue weighted by atomic mass is 35.5. The van der Waals surface area contributed by atoms with Gasteiger partial charge in [-0.2, -0.15) is 4.98 Å². The number of para-hydroxylation sites is 2. The van der Waals surface area contributed by atoms with Crippen LogP contribution in [0.1, 0.15) is 18.5 Å². The van der Waals surface area contributed by atoms with E-state index in [0.29, 0.717) is 44.5 Å². The predicted octanol–water partition coefficient (Wildman–Crippen LogP) is 4.96. The number of anilines is 2. The van der Waals surface area contributed by atoms with E-state index in [1.165, 1.54) is 11.3 Å². The second-order valence-corrected chi connectivity index (χ2v) is 8.27. The molecule has 0 fully saturated rings. The first-order chi connectivity index (χ1) is 15.6. The highest BCUT2D eigenvalue weighted by Gasteiger charge is 2.31. The number of aromatic nitrogens is 2. The Hall–Kier alpha value is -3.69. The van der Waals surface area contributed by atoms with Gasteiger partial charge in [0.2, 0.25) is 5.96 Å². The van der Waals surface area contributed by atoms with E-state index >= 15 is 0 Å². The third-order valence-electron chi connectivity index (χ3n) is 4.86. The number of oxazole rings is 1. The van der Waals surface area contributed by atoms with Crippen molar-refractivity contribution in [2.45, 2.75) is 13.0 Å². The van der Waals surface area contributed by atoms with Crippen LogP contribution < -0.4 is 16.0 Å². The lowest BCUT2D eigenvalue weighted by atomic mass is 9.95. The maximum absolute atomic E-state index is 13.1. The fourth-order valence-electron chi connectivity index (χ4n) is 3.43. The molecule has 2 aromatic heterocycles. The normalized spacial score (nSPS) is 15.9. The van der Waals surface area contributed by atoms with E-state index in [4.69, 9.17) is 21.0 Å². The Kier molecular flexibility index (Phi) is 5.34. The van der Waals surface area contributed by atoms with Gasteiger partial charge in [0, 0.05) is 27.9 Å². The topological polar surface area (TPSA) is 104 Å². The van der Waals surface area contributed by atoms with Crippen molar-refractivity contribution in [3.63, 3.8) is 0 Å². The van der Waals surface area contributed by atoms with E-state index in [9.17, 15) is 4.79 Å². The van der Waals surface area contributed by atoms with Crippen LogP contribution in [0.5, 0.6) is 0 Å². The van der Waals surface area contributed by atoms with E-state index in [1.54, 1.807) is 17.6 Å². The lowest BCUT2D eigenvalue weighted by molar-refractivity contribution is -0.113. The Labute approximate surface area is 192 Å². The molecule has 10 heteroatoms. The molecule has 32 heavy (non-hydrogen) atoms. The Morgan fingerprint density at radius 1 is 1.19 bits per heavy atom. The van der Waals surface area contributed by atoms with Crippen molar-refractivity contribution in [1.82, 2.24) is 15.3 Å². The molecule has 1 amide bonds. The van der Waals surface area contributed by atoms with Crippen molar-refractivity contribution in [3.05, 3.63) is 82.0 Å². The molecule has 3 N–H and O–H groups in total. The van der Waals surface area contributed by atoms with Gasteiger partial charge in [-0.15, -0.1) is 11.3 Å². The van der Waals surface area contributed by atoms with Gasteiger partial charge in [-0.05, 0) is 25.1 Å². The molecule has 1 atom stereocenters. The first-order valence-electron chi connectivity index (χ1n) is 9.72. The van der Waals surface area contributed by atoms with E-state index in [2.05, 4.69) is 25.9 Å². The van der Waals surface area contributed by atoms with Gasteiger partial charge in [0.15, 0.2) is 10.7 Å². The number of hydrogen-bond acceptors (Lipinski definition) is 8. The SMILES string of the molecule is CC1=C(C(=O)Nc2nccs2)C(c2ccccc2Cl)N=C(Nc2nc3ccccc3o2)N1. The van der Waals surface area contributed by atoms with Crippen molar-refractivity contribution in [1.29, 1.82) is 0 Å². The Bertz CT molecular complexity index is 1330. The summed E-state index contributed by atoms with van der Waals surface area (Å²) in [6, 6.07) is 14.4. The molecule has 0 spiro atoms. The first kappa shape index (κ1) is 20.2. The molecule has 160 valence electrons. The highest BCUT2D eigenvalue weighted by Crippen LogP contribution is 2.35. The molecule has 0 radical (unpaired) electrons. The molecule has 8 nitrogen and oxygen atoms in total. The zero-order valence-electron chi connectivity index (χ0n) is 16.8. The molecule has 2 aromatic carbocycles. The molecule has 4 aromatic rings. The molecule has 1 aliphatic rings. The number of benzene rings is 2. The Balaban J connectivity index is 1.50. The third-order valence-corrected chi connectivity index (χ3v) is 5.89. The van der Waals surface area contributed by atoms with Crippen LogP contribution in [0, 0.1) is 0 Å². The number of amides is 1. The van der Waals surface area contributed by atoms with Gasteiger partial charge in [-0.25, -0.2) is 9.98 Å². The second-order valence-electron chi connectivity index (χ2n) is 6.97. The van der Waals surface area contributed by atoms with Crippen molar-refractivity contribution in [2.75, 3.05) is 10.6 Å². The average Bonchev–Trinajstić information content (AvgIpc) is 3.42. The summed E-state index contributed by atoms with van der Waals surface area (Å²) in [6.07, 6.45) is 1.63. The fraction of sp³-hybridized carbons (Fsp3) is 0.0909. The number of carbonyl (C=O) groups is 1. The van der Waals surface area contributed by atoms with Crippen LogP contribution in [0.2, 0.25) is 5.02 Å². The summed E-state index contributed by atoms with van der Waals surface area (Å²) in [5.74, 6) is 0.0873. The molecule has 1 unspecified atom stereocenters. The third kappa shape index (κ3) is 3.95. The van der Waals surface area contributed by atoms with Crippen LogP contribution >= 0.6 is 22.9 Å². The predicted molar refractivity (Wildman–Crippen MR) is 126 cm³/mol. The quantitative estimate of drug-likeness (QED) is 0.394.